The Kier molecular flexibility index (Phi) is 4.87. The van der Waals surface area contributed by atoms with Gasteiger partial charge in [-0.25, -0.2) is 4.79 Å². The average Bonchev–Trinajstić information content (AvgIpc) is 2.96. The molecule has 5 nitrogen and oxygen atoms in total. The van der Waals surface area contributed by atoms with Gasteiger partial charge in [-0.3, -0.25) is 0 Å². The number of hydrogen-bond acceptors (Lipinski definition) is 3. The number of amides is 2. The number of carbonyl (C=O) groups excluding carboxylic acids is 1. The van der Waals surface area contributed by atoms with E-state index in [-0.39, 0.29) is 29.8 Å². The van der Waals surface area contributed by atoms with Crippen molar-refractivity contribution in [3.63, 3.8) is 0 Å². The van der Waals surface area contributed by atoms with E-state index in [0.29, 0.717) is 19.8 Å². The van der Waals surface area contributed by atoms with Crippen LogP contribution in [0.2, 0.25) is 5.02 Å². The molecule has 2 saturated heterocycles. The van der Waals surface area contributed by atoms with Gasteiger partial charge in [0, 0.05) is 25.1 Å². The molecule has 2 aliphatic heterocycles. The highest BCUT2D eigenvalue weighted by atomic mass is 35.5. The van der Waals surface area contributed by atoms with Gasteiger partial charge in [-0.2, -0.15) is 13.2 Å². The summed E-state index contributed by atoms with van der Waals surface area (Å²) in [5, 5.41) is 12.2. The van der Waals surface area contributed by atoms with Crippen LogP contribution in [-0.2, 0) is 10.9 Å². The maximum atomic E-state index is 12.8. The molecule has 1 aromatic rings. The van der Waals surface area contributed by atoms with Gasteiger partial charge in [-0.05, 0) is 30.5 Å². The summed E-state index contributed by atoms with van der Waals surface area (Å²) in [6, 6.07) is 2.24. The molecular formula is C16H18ClF3N2O3. The van der Waals surface area contributed by atoms with Crippen LogP contribution in [-0.4, -0.2) is 48.9 Å². The monoisotopic (exact) mass is 378 g/mol. The van der Waals surface area contributed by atoms with Gasteiger partial charge in [0.15, 0.2) is 0 Å². The van der Waals surface area contributed by atoms with Crippen molar-refractivity contribution in [1.29, 1.82) is 0 Å². The number of nitrogens with one attached hydrogen (secondary N) is 1. The molecule has 0 saturated carbocycles. The fraction of sp³-hybridized carbons (Fsp3) is 0.562. The van der Waals surface area contributed by atoms with Gasteiger partial charge in [-0.15, -0.1) is 0 Å². The lowest BCUT2D eigenvalue weighted by molar-refractivity contribution is -0.137. The number of anilines is 1. The lowest BCUT2D eigenvalue weighted by Crippen LogP contribution is -2.43. The quantitative estimate of drug-likeness (QED) is 0.830. The van der Waals surface area contributed by atoms with E-state index >= 15 is 0 Å². The molecule has 0 aliphatic carbocycles. The summed E-state index contributed by atoms with van der Waals surface area (Å²) < 4.78 is 43.9. The second kappa shape index (κ2) is 6.66. The zero-order valence-electron chi connectivity index (χ0n) is 13.3. The topological polar surface area (TPSA) is 61.8 Å². The van der Waals surface area contributed by atoms with Crippen LogP contribution in [0.4, 0.5) is 23.7 Å². The summed E-state index contributed by atoms with van der Waals surface area (Å²) in [5.74, 6) is 0.106. The summed E-state index contributed by atoms with van der Waals surface area (Å²) in [6.07, 6.45) is -3.79. The SMILES string of the molecule is O=C(Nc1cc(C(F)(F)F)ccc1Cl)N1C[C@@H]2CCOC[C@]2(CO)C1. The van der Waals surface area contributed by atoms with E-state index in [1.54, 1.807) is 0 Å². The van der Waals surface area contributed by atoms with E-state index in [1.165, 1.54) is 4.90 Å². The summed E-state index contributed by atoms with van der Waals surface area (Å²) in [5.41, 5.74) is -1.49. The Labute approximate surface area is 147 Å². The first kappa shape index (κ1) is 18.3. The highest BCUT2D eigenvalue weighted by molar-refractivity contribution is 6.33. The molecule has 1 aromatic carbocycles. The summed E-state index contributed by atoms with van der Waals surface area (Å²) >= 11 is 5.91. The molecule has 0 bridgehead atoms. The van der Waals surface area contributed by atoms with E-state index in [1.807, 2.05) is 0 Å². The molecule has 0 radical (unpaired) electrons. The fourth-order valence-corrected chi connectivity index (χ4v) is 3.63. The number of likely N-dealkylation sites (tertiary alicyclic amines) is 1. The van der Waals surface area contributed by atoms with Crippen molar-refractivity contribution < 1.29 is 27.8 Å². The van der Waals surface area contributed by atoms with Gasteiger partial charge < -0.3 is 20.1 Å². The third-order valence-corrected chi connectivity index (χ3v) is 5.28. The van der Waals surface area contributed by atoms with Crippen LogP contribution in [0, 0.1) is 11.3 Å². The molecule has 2 fully saturated rings. The minimum Gasteiger partial charge on any atom is -0.396 e. The molecule has 2 atom stereocenters. The van der Waals surface area contributed by atoms with Crippen molar-refractivity contribution in [2.24, 2.45) is 11.3 Å². The number of hydrogen-bond donors (Lipinski definition) is 2. The first-order valence-corrected chi connectivity index (χ1v) is 8.24. The summed E-state index contributed by atoms with van der Waals surface area (Å²) in [7, 11) is 0. The Balaban J connectivity index is 1.75. The Morgan fingerprint density at radius 1 is 1.48 bits per heavy atom. The molecule has 2 N–H and O–H groups in total. The van der Waals surface area contributed by atoms with E-state index in [9.17, 15) is 23.1 Å². The third-order valence-electron chi connectivity index (χ3n) is 4.95. The Morgan fingerprint density at radius 3 is 2.88 bits per heavy atom. The zero-order chi connectivity index (χ0) is 18.2. The molecule has 0 unspecified atom stereocenters. The van der Waals surface area contributed by atoms with Crippen LogP contribution in [0.5, 0.6) is 0 Å². The number of ether oxygens (including phenoxy) is 1. The molecule has 2 aliphatic rings. The van der Waals surface area contributed by atoms with Crippen molar-refractivity contribution >= 4 is 23.3 Å². The lowest BCUT2D eigenvalue weighted by Gasteiger charge is -2.36. The predicted molar refractivity (Wildman–Crippen MR) is 85.5 cm³/mol. The molecule has 9 heteroatoms. The first-order valence-electron chi connectivity index (χ1n) is 7.86. The Hall–Kier alpha value is -1.51. The number of rotatable bonds is 2. The van der Waals surface area contributed by atoms with Crippen LogP contribution in [0.1, 0.15) is 12.0 Å². The highest BCUT2D eigenvalue weighted by Gasteiger charge is 2.49. The molecule has 0 spiro atoms. The van der Waals surface area contributed by atoms with Gasteiger partial charge in [0.25, 0.3) is 0 Å². The van der Waals surface area contributed by atoms with Crippen LogP contribution >= 0.6 is 11.6 Å². The lowest BCUT2D eigenvalue weighted by atomic mass is 9.76. The number of benzene rings is 1. The maximum absolute atomic E-state index is 12.8. The number of aliphatic hydroxyl groups excluding tert-OH is 1. The molecule has 0 aromatic heterocycles. The molecule has 2 amide bonds. The molecule has 25 heavy (non-hydrogen) atoms. The van der Waals surface area contributed by atoms with Crippen LogP contribution in [0.3, 0.4) is 0 Å². The number of fused-ring (bicyclic) bond motifs is 1. The van der Waals surface area contributed by atoms with Crippen molar-refractivity contribution in [3.05, 3.63) is 28.8 Å². The largest absolute Gasteiger partial charge is 0.416 e. The van der Waals surface area contributed by atoms with Crippen molar-refractivity contribution in [3.8, 4) is 0 Å². The number of halogens is 4. The van der Waals surface area contributed by atoms with Gasteiger partial charge >= 0.3 is 12.2 Å². The summed E-state index contributed by atoms with van der Waals surface area (Å²) in [6.45, 7) is 1.54. The molecule has 138 valence electrons. The van der Waals surface area contributed by atoms with E-state index in [0.717, 1.165) is 24.6 Å². The van der Waals surface area contributed by atoms with E-state index in [4.69, 9.17) is 16.3 Å². The van der Waals surface area contributed by atoms with Crippen LogP contribution in [0.15, 0.2) is 18.2 Å². The Morgan fingerprint density at radius 2 is 2.24 bits per heavy atom. The second-order valence-electron chi connectivity index (χ2n) is 6.56. The predicted octanol–water partition coefficient (Wildman–Crippen LogP) is 3.22. The number of nitrogens with zero attached hydrogens (tertiary/aromatic N) is 1. The molecule has 2 heterocycles. The van der Waals surface area contributed by atoms with E-state index < -0.39 is 23.2 Å². The average molecular weight is 379 g/mol. The number of carbonyl (C=O) groups is 1. The fourth-order valence-electron chi connectivity index (χ4n) is 3.47. The van der Waals surface area contributed by atoms with Crippen molar-refractivity contribution in [2.75, 3.05) is 38.2 Å². The standard InChI is InChI=1S/C16H18ClF3N2O3/c17-12-2-1-10(16(18,19)20)5-13(12)21-14(24)22-6-11-3-4-25-9-15(11,7-22)8-23/h1-2,5,11,23H,3-4,6-9H2,(H,21,24)/t11-,15+/m0/s1. The smallest absolute Gasteiger partial charge is 0.396 e. The minimum atomic E-state index is -4.52. The van der Waals surface area contributed by atoms with Crippen molar-refractivity contribution in [1.82, 2.24) is 4.90 Å². The number of alkyl halides is 3. The van der Waals surface area contributed by atoms with E-state index in [2.05, 4.69) is 5.32 Å². The van der Waals surface area contributed by atoms with Gasteiger partial charge in [0.05, 0.1) is 29.5 Å². The zero-order valence-corrected chi connectivity index (χ0v) is 14.0. The second-order valence-corrected chi connectivity index (χ2v) is 6.97. The normalized spacial score (nSPS) is 26.4. The Bertz CT molecular complexity index is 671. The van der Waals surface area contributed by atoms with Gasteiger partial charge in [0.2, 0.25) is 0 Å². The minimum absolute atomic E-state index is 0.0261. The van der Waals surface area contributed by atoms with Gasteiger partial charge in [0.1, 0.15) is 0 Å². The number of urea groups is 1. The third kappa shape index (κ3) is 3.56. The summed E-state index contributed by atoms with van der Waals surface area (Å²) in [4.78, 5) is 14.0. The number of aliphatic hydroxyl groups is 1. The highest BCUT2D eigenvalue weighted by Crippen LogP contribution is 2.41. The molecule has 3 rings (SSSR count). The first-order chi connectivity index (χ1) is 11.7. The maximum Gasteiger partial charge on any atom is 0.416 e. The van der Waals surface area contributed by atoms with Crippen LogP contribution < -0.4 is 5.32 Å². The molecular weight excluding hydrogens is 361 g/mol. The van der Waals surface area contributed by atoms with Crippen LogP contribution in [0.25, 0.3) is 0 Å². The van der Waals surface area contributed by atoms with Crippen molar-refractivity contribution in [2.45, 2.75) is 12.6 Å². The van der Waals surface area contributed by atoms with Gasteiger partial charge in [-0.1, -0.05) is 11.6 Å².